The van der Waals surface area contributed by atoms with Crippen LogP contribution in [0.15, 0.2) is 60.7 Å². The molecule has 1 aliphatic rings. The number of para-hydroxylation sites is 1. The number of amides is 1. The highest BCUT2D eigenvalue weighted by Crippen LogP contribution is 2.39. The van der Waals surface area contributed by atoms with Crippen LogP contribution in [0, 0.1) is 12.7 Å². The zero-order valence-electron chi connectivity index (χ0n) is 18.1. The van der Waals surface area contributed by atoms with Gasteiger partial charge in [-0.3, -0.25) is 9.36 Å². The van der Waals surface area contributed by atoms with Crippen molar-refractivity contribution in [3.05, 3.63) is 77.6 Å². The summed E-state index contributed by atoms with van der Waals surface area (Å²) in [5, 5.41) is 13.4. The maximum atomic E-state index is 14.1. The zero-order chi connectivity index (χ0) is 22.9. The number of halogens is 1. The lowest BCUT2D eigenvalue weighted by molar-refractivity contribution is 0.0734. The summed E-state index contributed by atoms with van der Waals surface area (Å²) >= 11 is 0. The van der Waals surface area contributed by atoms with E-state index in [0.29, 0.717) is 43.0 Å². The van der Waals surface area contributed by atoms with Gasteiger partial charge in [0.2, 0.25) is 11.8 Å². The Kier molecular flexibility index (Phi) is 5.43. The van der Waals surface area contributed by atoms with E-state index in [1.807, 2.05) is 37.3 Å². The van der Waals surface area contributed by atoms with Crippen LogP contribution >= 0.6 is 0 Å². The molecule has 1 amide bonds. The second-order valence-corrected chi connectivity index (χ2v) is 7.94. The SMILES string of the molecule is Cc1ccc(F)cc1Oc1c(C(=O)N2CCNCC2)c2nc(O)ccc2n1-c1ccccc1. The van der Waals surface area contributed by atoms with E-state index < -0.39 is 5.82 Å². The number of rotatable bonds is 4. The molecule has 0 unspecified atom stereocenters. The average molecular weight is 446 g/mol. The second-order valence-electron chi connectivity index (χ2n) is 7.94. The Morgan fingerprint density at radius 2 is 1.85 bits per heavy atom. The first-order valence-corrected chi connectivity index (χ1v) is 10.8. The summed E-state index contributed by atoms with van der Waals surface area (Å²) in [4.78, 5) is 19.8. The molecule has 7 nitrogen and oxygen atoms in total. The number of hydrogen-bond donors (Lipinski definition) is 2. The molecule has 0 aliphatic carbocycles. The molecule has 0 radical (unpaired) electrons. The van der Waals surface area contributed by atoms with Crippen molar-refractivity contribution in [1.29, 1.82) is 0 Å². The number of ether oxygens (including phenoxy) is 1. The Morgan fingerprint density at radius 3 is 2.61 bits per heavy atom. The summed E-state index contributed by atoms with van der Waals surface area (Å²) in [7, 11) is 0. The van der Waals surface area contributed by atoms with Gasteiger partial charge in [0.25, 0.3) is 5.91 Å². The number of piperazine rings is 1. The van der Waals surface area contributed by atoms with E-state index in [1.54, 1.807) is 21.6 Å². The molecule has 0 saturated carbocycles. The number of hydrogen-bond acceptors (Lipinski definition) is 5. The number of fused-ring (bicyclic) bond motifs is 1. The van der Waals surface area contributed by atoms with Crippen molar-refractivity contribution in [3.63, 3.8) is 0 Å². The Labute approximate surface area is 190 Å². The number of carbonyl (C=O) groups is 1. The monoisotopic (exact) mass is 446 g/mol. The fraction of sp³-hybridized carbons (Fsp3) is 0.200. The molecule has 2 N–H and O–H groups in total. The van der Waals surface area contributed by atoms with Gasteiger partial charge in [-0.15, -0.1) is 0 Å². The van der Waals surface area contributed by atoms with Gasteiger partial charge >= 0.3 is 0 Å². The third-order valence-corrected chi connectivity index (χ3v) is 5.74. The Hall–Kier alpha value is -3.91. The molecule has 33 heavy (non-hydrogen) atoms. The van der Waals surface area contributed by atoms with Crippen molar-refractivity contribution >= 4 is 16.9 Å². The summed E-state index contributed by atoms with van der Waals surface area (Å²) in [5.74, 6) is -0.363. The maximum Gasteiger partial charge on any atom is 0.261 e. The predicted molar refractivity (Wildman–Crippen MR) is 123 cm³/mol. The van der Waals surface area contributed by atoms with Gasteiger partial charge in [0, 0.05) is 44.0 Å². The van der Waals surface area contributed by atoms with E-state index in [9.17, 15) is 14.3 Å². The highest BCUT2D eigenvalue weighted by molar-refractivity contribution is 6.09. The van der Waals surface area contributed by atoms with Crippen molar-refractivity contribution in [2.24, 2.45) is 0 Å². The standard InChI is InChI=1S/C25H23FN4O3/c1-16-7-8-17(26)15-20(16)33-25-22(24(32)29-13-11-27-12-14-29)23-19(9-10-21(31)28-23)30(25)18-5-3-2-4-6-18/h2-10,15,27H,11-14H2,1H3,(H,28,31). The van der Waals surface area contributed by atoms with E-state index in [0.717, 1.165) is 11.3 Å². The molecule has 4 aromatic rings. The summed E-state index contributed by atoms with van der Waals surface area (Å²) in [6, 6.07) is 16.9. The highest BCUT2D eigenvalue weighted by atomic mass is 19.1. The van der Waals surface area contributed by atoms with Crippen LogP contribution in [-0.4, -0.2) is 51.6 Å². The fourth-order valence-electron chi connectivity index (χ4n) is 4.07. The molecule has 0 bridgehead atoms. The van der Waals surface area contributed by atoms with Crippen molar-refractivity contribution in [1.82, 2.24) is 19.8 Å². The second kappa shape index (κ2) is 8.55. The lowest BCUT2D eigenvalue weighted by Crippen LogP contribution is -2.46. The number of carbonyl (C=O) groups excluding carboxylic acids is 1. The van der Waals surface area contributed by atoms with Gasteiger partial charge in [0.05, 0.1) is 5.52 Å². The number of nitrogens with zero attached hydrogens (tertiary/aromatic N) is 3. The molecule has 2 aromatic heterocycles. The normalized spacial score (nSPS) is 13.9. The van der Waals surface area contributed by atoms with Crippen LogP contribution in [-0.2, 0) is 0 Å². The largest absolute Gasteiger partial charge is 0.493 e. The molecule has 168 valence electrons. The zero-order valence-corrected chi connectivity index (χ0v) is 18.1. The van der Waals surface area contributed by atoms with Crippen LogP contribution in [0.25, 0.3) is 16.7 Å². The summed E-state index contributed by atoms with van der Waals surface area (Å²) in [5.41, 5.74) is 2.62. The molecular formula is C25H23FN4O3. The molecular weight excluding hydrogens is 423 g/mol. The fourth-order valence-corrected chi connectivity index (χ4v) is 4.07. The van der Waals surface area contributed by atoms with Crippen LogP contribution in [0.3, 0.4) is 0 Å². The molecule has 1 saturated heterocycles. The van der Waals surface area contributed by atoms with Gasteiger partial charge in [0.15, 0.2) is 0 Å². The first kappa shape index (κ1) is 21.0. The molecule has 2 aromatic carbocycles. The predicted octanol–water partition coefficient (Wildman–Crippen LogP) is 4.02. The number of aromatic hydroxyl groups is 1. The van der Waals surface area contributed by atoms with Gasteiger partial charge < -0.3 is 20.1 Å². The minimum Gasteiger partial charge on any atom is -0.493 e. The van der Waals surface area contributed by atoms with E-state index in [2.05, 4.69) is 10.3 Å². The van der Waals surface area contributed by atoms with E-state index in [4.69, 9.17) is 4.74 Å². The van der Waals surface area contributed by atoms with Crippen molar-refractivity contribution in [3.8, 4) is 23.2 Å². The minimum atomic E-state index is -0.441. The van der Waals surface area contributed by atoms with Crippen molar-refractivity contribution in [2.75, 3.05) is 26.2 Å². The van der Waals surface area contributed by atoms with Crippen LogP contribution in [0.1, 0.15) is 15.9 Å². The smallest absolute Gasteiger partial charge is 0.261 e. The molecule has 0 atom stereocenters. The van der Waals surface area contributed by atoms with E-state index in [-0.39, 0.29) is 23.2 Å². The van der Waals surface area contributed by atoms with Gasteiger partial charge in [-0.05, 0) is 36.8 Å². The topological polar surface area (TPSA) is 79.6 Å². The first-order valence-electron chi connectivity index (χ1n) is 10.8. The first-order chi connectivity index (χ1) is 16.0. The van der Waals surface area contributed by atoms with Gasteiger partial charge in [-0.25, -0.2) is 9.37 Å². The number of nitrogens with one attached hydrogen (secondary N) is 1. The molecule has 3 heterocycles. The van der Waals surface area contributed by atoms with Gasteiger partial charge in [0.1, 0.15) is 22.6 Å². The minimum absolute atomic E-state index is 0.199. The molecule has 5 rings (SSSR count). The maximum absolute atomic E-state index is 14.1. The lowest BCUT2D eigenvalue weighted by atomic mass is 10.2. The van der Waals surface area contributed by atoms with Crippen LogP contribution in [0.5, 0.6) is 17.5 Å². The summed E-state index contributed by atoms with van der Waals surface area (Å²) in [6.07, 6.45) is 0. The molecule has 8 heteroatoms. The lowest BCUT2D eigenvalue weighted by Gasteiger charge is -2.27. The van der Waals surface area contributed by atoms with Crippen molar-refractivity contribution < 1.29 is 19.0 Å². The third-order valence-electron chi connectivity index (χ3n) is 5.74. The molecule has 1 aliphatic heterocycles. The Morgan fingerprint density at radius 1 is 1.09 bits per heavy atom. The highest BCUT2D eigenvalue weighted by Gasteiger charge is 2.31. The Bertz CT molecular complexity index is 1330. The number of pyridine rings is 1. The summed E-state index contributed by atoms with van der Waals surface area (Å²) < 4.78 is 22.1. The van der Waals surface area contributed by atoms with Crippen LogP contribution in [0.2, 0.25) is 0 Å². The number of benzene rings is 2. The number of aromatic nitrogens is 2. The van der Waals surface area contributed by atoms with E-state index >= 15 is 0 Å². The average Bonchev–Trinajstić information content (AvgIpc) is 3.14. The number of aryl methyl sites for hydroxylation is 1. The third kappa shape index (κ3) is 3.89. The van der Waals surface area contributed by atoms with E-state index in [1.165, 1.54) is 18.2 Å². The molecule has 0 spiro atoms. The van der Waals surface area contributed by atoms with Crippen LogP contribution < -0.4 is 10.1 Å². The quantitative estimate of drug-likeness (QED) is 0.495. The van der Waals surface area contributed by atoms with Gasteiger partial charge in [-0.1, -0.05) is 24.3 Å². The summed E-state index contributed by atoms with van der Waals surface area (Å²) in [6.45, 7) is 4.25. The van der Waals surface area contributed by atoms with Crippen LogP contribution in [0.4, 0.5) is 4.39 Å². The Balaban J connectivity index is 1.79. The van der Waals surface area contributed by atoms with Gasteiger partial charge in [-0.2, -0.15) is 0 Å². The van der Waals surface area contributed by atoms with Crippen molar-refractivity contribution in [2.45, 2.75) is 6.92 Å². The molecule has 1 fully saturated rings.